The van der Waals surface area contributed by atoms with Gasteiger partial charge in [0.05, 0.1) is 22.4 Å². The van der Waals surface area contributed by atoms with Gasteiger partial charge >= 0.3 is 0 Å². The molecule has 1 heterocycles. The molecule has 7 heteroatoms. The molecule has 2 rings (SSSR count). The molecule has 1 saturated heterocycles. The monoisotopic (exact) mass is 313 g/mol. The van der Waals surface area contributed by atoms with Gasteiger partial charge in [-0.3, -0.25) is 0 Å². The highest BCUT2D eigenvalue weighted by molar-refractivity contribution is 7.89. The van der Waals surface area contributed by atoms with Gasteiger partial charge in [0.25, 0.3) is 0 Å². The van der Waals surface area contributed by atoms with Crippen molar-refractivity contribution in [2.75, 3.05) is 44.4 Å². The van der Waals surface area contributed by atoms with E-state index in [0.717, 1.165) is 18.7 Å². The smallest absolute Gasteiger partial charge is 0.242 e. The Morgan fingerprint density at radius 3 is 2.76 bits per heavy atom. The normalized spacial score (nSPS) is 20.6. The Hall–Kier alpha value is -1.31. The van der Waals surface area contributed by atoms with Crippen molar-refractivity contribution in [3.8, 4) is 0 Å². The maximum absolute atomic E-state index is 12.3. The summed E-state index contributed by atoms with van der Waals surface area (Å²) >= 11 is 0. The fraction of sp³-hybridized carbons (Fsp3) is 0.571. The van der Waals surface area contributed by atoms with E-state index in [4.69, 9.17) is 10.5 Å². The van der Waals surface area contributed by atoms with Gasteiger partial charge in [-0.05, 0) is 31.5 Å². The number of nitrogens with zero attached hydrogens (tertiary/aromatic N) is 2. The molecule has 0 spiro atoms. The summed E-state index contributed by atoms with van der Waals surface area (Å²) in [5.74, 6) is 0. The van der Waals surface area contributed by atoms with E-state index in [9.17, 15) is 8.42 Å². The van der Waals surface area contributed by atoms with Gasteiger partial charge in [0.2, 0.25) is 10.0 Å². The zero-order valence-corrected chi connectivity index (χ0v) is 13.6. The van der Waals surface area contributed by atoms with Crippen LogP contribution in [0.15, 0.2) is 23.1 Å². The average molecular weight is 313 g/mol. The van der Waals surface area contributed by atoms with E-state index < -0.39 is 10.0 Å². The lowest BCUT2D eigenvalue weighted by Crippen LogP contribution is -2.31. The third-order valence-electron chi connectivity index (χ3n) is 3.57. The standard InChI is InChI=1S/C14H23N3O3S/c1-11-10-17(7-4-8-20-11)14-9-12(5-6-13(14)15)21(18,19)16(2)3/h5-6,9,11H,4,7-8,10,15H2,1-3H3. The zero-order chi connectivity index (χ0) is 15.6. The molecule has 2 N–H and O–H groups in total. The van der Waals surface area contributed by atoms with E-state index in [2.05, 4.69) is 4.90 Å². The first-order valence-electron chi connectivity index (χ1n) is 7.01. The van der Waals surface area contributed by atoms with Gasteiger partial charge < -0.3 is 15.4 Å². The maximum atomic E-state index is 12.3. The molecule has 0 saturated carbocycles. The molecular weight excluding hydrogens is 290 g/mol. The minimum atomic E-state index is -3.46. The molecular formula is C14H23N3O3S. The Balaban J connectivity index is 2.39. The fourth-order valence-corrected chi connectivity index (χ4v) is 3.30. The van der Waals surface area contributed by atoms with Crippen molar-refractivity contribution in [1.82, 2.24) is 4.31 Å². The predicted molar refractivity (Wildman–Crippen MR) is 84.0 cm³/mol. The van der Waals surface area contributed by atoms with Crippen molar-refractivity contribution in [3.63, 3.8) is 0 Å². The van der Waals surface area contributed by atoms with Gasteiger partial charge in [0, 0.05) is 33.8 Å². The van der Waals surface area contributed by atoms with Crippen LogP contribution in [0.25, 0.3) is 0 Å². The lowest BCUT2D eigenvalue weighted by molar-refractivity contribution is 0.0821. The minimum absolute atomic E-state index is 0.0982. The molecule has 0 bridgehead atoms. The van der Waals surface area contributed by atoms with Crippen LogP contribution >= 0.6 is 0 Å². The average Bonchev–Trinajstić information content (AvgIpc) is 2.63. The summed E-state index contributed by atoms with van der Waals surface area (Å²) in [6, 6.07) is 4.86. The number of benzene rings is 1. The Morgan fingerprint density at radius 1 is 1.38 bits per heavy atom. The lowest BCUT2D eigenvalue weighted by atomic mass is 10.2. The first-order chi connectivity index (χ1) is 9.82. The quantitative estimate of drug-likeness (QED) is 0.847. The van der Waals surface area contributed by atoms with Crippen LogP contribution in [-0.2, 0) is 14.8 Å². The molecule has 1 aliphatic heterocycles. The first-order valence-corrected chi connectivity index (χ1v) is 8.45. The van der Waals surface area contributed by atoms with Crippen LogP contribution in [0.3, 0.4) is 0 Å². The summed E-state index contributed by atoms with van der Waals surface area (Å²) in [7, 11) is -0.416. The van der Waals surface area contributed by atoms with Crippen LogP contribution in [0, 0.1) is 0 Å². The van der Waals surface area contributed by atoms with Crippen molar-refractivity contribution in [2.45, 2.75) is 24.3 Å². The highest BCUT2D eigenvalue weighted by Gasteiger charge is 2.22. The van der Waals surface area contributed by atoms with Crippen molar-refractivity contribution < 1.29 is 13.2 Å². The van der Waals surface area contributed by atoms with Gasteiger partial charge in [0.15, 0.2) is 0 Å². The summed E-state index contributed by atoms with van der Waals surface area (Å²) in [6.45, 7) is 4.23. The number of ether oxygens (including phenoxy) is 1. The number of hydrogen-bond acceptors (Lipinski definition) is 5. The molecule has 1 aromatic carbocycles. The second kappa shape index (κ2) is 6.21. The van der Waals surface area contributed by atoms with E-state index in [1.54, 1.807) is 18.2 Å². The number of nitrogens with two attached hydrogens (primary N) is 1. The summed E-state index contributed by atoms with van der Waals surface area (Å²) in [5.41, 5.74) is 7.39. The summed E-state index contributed by atoms with van der Waals surface area (Å²) in [6.07, 6.45) is 0.995. The van der Waals surface area contributed by atoms with Gasteiger partial charge in [-0.25, -0.2) is 12.7 Å². The van der Waals surface area contributed by atoms with Crippen LogP contribution < -0.4 is 10.6 Å². The molecule has 0 radical (unpaired) electrons. The van der Waals surface area contributed by atoms with Gasteiger partial charge in [0.1, 0.15) is 0 Å². The number of nitrogen functional groups attached to an aromatic ring is 1. The van der Waals surface area contributed by atoms with Crippen molar-refractivity contribution in [2.24, 2.45) is 0 Å². The van der Waals surface area contributed by atoms with Crippen LogP contribution in [0.5, 0.6) is 0 Å². The summed E-state index contributed by atoms with van der Waals surface area (Å²) in [4.78, 5) is 2.36. The molecule has 0 amide bonds. The van der Waals surface area contributed by atoms with Gasteiger partial charge in [-0.1, -0.05) is 0 Å². The van der Waals surface area contributed by atoms with Crippen molar-refractivity contribution in [3.05, 3.63) is 18.2 Å². The Kier molecular flexibility index (Phi) is 4.75. The molecule has 0 aromatic heterocycles. The Bertz CT molecular complexity index is 601. The molecule has 1 aliphatic rings. The van der Waals surface area contributed by atoms with Crippen LogP contribution in [-0.4, -0.2) is 52.6 Å². The van der Waals surface area contributed by atoms with E-state index >= 15 is 0 Å². The van der Waals surface area contributed by atoms with Gasteiger partial charge in [-0.15, -0.1) is 0 Å². The SMILES string of the molecule is CC1CN(c2cc(S(=O)(=O)N(C)C)ccc2N)CCCO1. The number of hydrogen-bond donors (Lipinski definition) is 1. The van der Waals surface area contributed by atoms with E-state index in [1.165, 1.54) is 18.4 Å². The largest absolute Gasteiger partial charge is 0.397 e. The first kappa shape index (κ1) is 16.1. The molecule has 1 aromatic rings. The van der Waals surface area contributed by atoms with Gasteiger partial charge in [-0.2, -0.15) is 0 Å². The lowest BCUT2D eigenvalue weighted by Gasteiger charge is -2.26. The van der Waals surface area contributed by atoms with E-state index in [1.807, 2.05) is 6.92 Å². The minimum Gasteiger partial charge on any atom is -0.397 e. The molecule has 1 unspecified atom stereocenters. The molecule has 6 nitrogen and oxygen atoms in total. The summed E-state index contributed by atoms with van der Waals surface area (Å²) < 4.78 is 31.3. The Morgan fingerprint density at radius 2 is 2.10 bits per heavy atom. The highest BCUT2D eigenvalue weighted by atomic mass is 32.2. The van der Waals surface area contributed by atoms with Crippen LogP contribution in [0.1, 0.15) is 13.3 Å². The third-order valence-corrected chi connectivity index (χ3v) is 5.38. The zero-order valence-electron chi connectivity index (χ0n) is 12.7. The third kappa shape index (κ3) is 3.48. The Labute approximate surface area is 126 Å². The van der Waals surface area contributed by atoms with Crippen molar-refractivity contribution in [1.29, 1.82) is 0 Å². The van der Waals surface area contributed by atoms with Crippen LogP contribution in [0.4, 0.5) is 11.4 Å². The van der Waals surface area contributed by atoms with Crippen LogP contribution in [0.2, 0.25) is 0 Å². The number of rotatable bonds is 3. The number of anilines is 2. The molecule has 1 atom stereocenters. The molecule has 1 fully saturated rings. The highest BCUT2D eigenvalue weighted by Crippen LogP contribution is 2.29. The number of sulfonamides is 1. The van der Waals surface area contributed by atoms with E-state index in [0.29, 0.717) is 18.8 Å². The fourth-order valence-electron chi connectivity index (χ4n) is 2.38. The predicted octanol–water partition coefficient (Wildman–Crippen LogP) is 1.13. The topological polar surface area (TPSA) is 75.9 Å². The molecule has 118 valence electrons. The van der Waals surface area contributed by atoms with Crippen molar-refractivity contribution >= 4 is 21.4 Å². The molecule has 21 heavy (non-hydrogen) atoms. The second-order valence-electron chi connectivity index (χ2n) is 5.49. The second-order valence-corrected chi connectivity index (χ2v) is 7.64. The molecule has 0 aliphatic carbocycles. The van der Waals surface area contributed by atoms with E-state index in [-0.39, 0.29) is 11.0 Å². The summed E-state index contributed by atoms with van der Waals surface area (Å²) in [5, 5.41) is 0. The maximum Gasteiger partial charge on any atom is 0.242 e.